The van der Waals surface area contributed by atoms with Crippen LogP contribution in [0.2, 0.25) is 0 Å². The topological polar surface area (TPSA) is 117 Å². The Bertz CT molecular complexity index is 1610. The van der Waals surface area contributed by atoms with Crippen LogP contribution >= 0.6 is 0 Å². The zero-order chi connectivity index (χ0) is 31.1. The van der Waals surface area contributed by atoms with E-state index in [2.05, 4.69) is 15.1 Å². The van der Waals surface area contributed by atoms with Crippen LogP contribution < -0.4 is 16.1 Å². The molecular weight excluding hydrogens is 588 g/mol. The first-order chi connectivity index (χ1) is 20.2. The van der Waals surface area contributed by atoms with Gasteiger partial charge in [-0.05, 0) is 56.0 Å². The Balaban J connectivity index is 1.19. The van der Waals surface area contributed by atoms with Gasteiger partial charge >= 0.3 is 24.0 Å². The molecule has 43 heavy (non-hydrogen) atoms. The van der Waals surface area contributed by atoms with Crippen LogP contribution in [-0.4, -0.2) is 57.7 Å². The Morgan fingerprint density at radius 1 is 0.977 bits per heavy atom. The number of hydrogen-bond donors (Lipinski definition) is 2. The zero-order valence-corrected chi connectivity index (χ0v) is 22.3. The van der Waals surface area contributed by atoms with Crippen LogP contribution in [-0.2, 0) is 20.6 Å². The quantitative estimate of drug-likeness (QED) is 0.401. The molecule has 2 aromatic carbocycles. The van der Waals surface area contributed by atoms with Crippen LogP contribution in [0.4, 0.5) is 32.0 Å². The summed E-state index contributed by atoms with van der Waals surface area (Å²) in [5.41, 5.74) is -1.05. The van der Waals surface area contributed by atoms with E-state index in [1.54, 1.807) is 4.90 Å². The van der Waals surface area contributed by atoms with Gasteiger partial charge in [-0.2, -0.15) is 31.4 Å². The third-order valence-corrected chi connectivity index (χ3v) is 7.47. The van der Waals surface area contributed by atoms with Crippen LogP contribution in [0.1, 0.15) is 54.1 Å². The van der Waals surface area contributed by atoms with Gasteiger partial charge in [-0.1, -0.05) is 12.1 Å². The second-order valence-corrected chi connectivity index (χ2v) is 10.2. The fourth-order valence-corrected chi connectivity index (χ4v) is 5.40. The summed E-state index contributed by atoms with van der Waals surface area (Å²) in [5.74, 6) is -3.30. The molecule has 0 saturated carbocycles. The monoisotopic (exact) mass is 613 g/mol. The van der Waals surface area contributed by atoms with E-state index in [-0.39, 0.29) is 61.1 Å². The van der Waals surface area contributed by atoms with Crippen molar-refractivity contribution in [1.82, 2.24) is 19.8 Å². The number of halogens is 6. The molecule has 1 fully saturated rings. The number of amides is 2. The molecule has 3 aromatic rings. The molecule has 2 aliphatic rings. The number of hydroxylamine groups is 1. The molecular formula is C27H25F6N5O5. The molecule has 16 heteroatoms. The Hall–Kier alpha value is -4.50. The number of carbonyl (C=O) groups is 3. The Morgan fingerprint density at radius 3 is 2.35 bits per heavy atom. The maximum absolute atomic E-state index is 13.1. The highest BCUT2D eigenvalue weighted by Gasteiger charge is 2.45. The fraction of sp³-hybridized carbons (Fsp3) is 0.407. The van der Waals surface area contributed by atoms with E-state index < -0.39 is 41.6 Å². The number of benzene rings is 2. The number of aromatic amines is 1. The third kappa shape index (κ3) is 6.17. The molecule has 1 unspecified atom stereocenters. The molecule has 5 rings (SSSR count). The minimum Gasteiger partial charge on any atom is -0.343 e. The molecule has 230 valence electrons. The normalized spacial score (nSPS) is 18.0. The first kappa shape index (κ1) is 30.0. The predicted octanol–water partition coefficient (Wildman–Crippen LogP) is 4.28. The number of anilines is 1. The highest BCUT2D eigenvalue weighted by molar-refractivity contribution is 6.02. The summed E-state index contributed by atoms with van der Waals surface area (Å²) in [4.78, 5) is 58.2. The van der Waals surface area contributed by atoms with Crippen LogP contribution in [0.3, 0.4) is 0 Å². The Kier molecular flexibility index (Phi) is 7.88. The molecule has 2 N–H and O–H groups in total. The van der Waals surface area contributed by atoms with Crippen molar-refractivity contribution < 1.29 is 45.6 Å². The van der Waals surface area contributed by atoms with Crippen molar-refractivity contribution in [2.24, 2.45) is 0 Å². The van der Waals surface area contributed by atoms with E-state index in [9.17, 15) is 45.5 Å². The lowest BCUT2D eigenvalue weighted by molar-refractivity contribution is -0.202. The lowest BCUT2D eigenvalue weighted by Crippen LogP contribution is -2.54. The first-order valence-corrected chi connectivity index (χ1v) is 13.3. The van der Waals surface area contributed by atoms with Gasteiger partial charge in [0.2, 0.25) is 5.91 Å². The molecule has 2 amide bonds. The smallest absolute Gasteiger partial charge is 0.343 e. The molecule has 10 nitrogen and oxygen atoms in total. The largest absolute Gasteiger partial charge is 0.493 e. The molecule has 0 radical (unpaired) electrons. The van der Waals surface area contributed by atoms with Crippen molar-refractivity contribution in [1.29, 1.82) is 0 Å². The first-order valence-electron chi connectivity index (χ1n) is 13.3. The van der Waals surface area contributed by atoms with Crippen LogP contribution in [0.25, 0.3) is 11.0 Å². The van der Waals surface area contributed by atoms with Gasteiger partial charge in [-0.3, -0.25) is 14.2 Å². The highest BCUT2D eigenvalue weighted by atomic mass is 19.4. The summed E-state index contributed by atoms with van der Waals surface area (Å²) in [5, 5.41) is 3.20. The Morgan fingerprint density at radius 2 is 1.67 bits per heavy atom. The summed E-state index contributed by atoms with van der Waals surface area (Å²) in [6.07, 6.45) is -10.1. The van der Waals surface area contributed by atoms with Gasteiger partial charge in [0.1, 0.15) is 6.17 Å². The van der Waals surface area contributed by atoms with Crippen molar-refractivity contribution in [2.75, 3.05) is 18.2 Å². The highest BCUT2D eigenvalue weighted by Crippen LogP contribution is 2.33. The van der Waals surface area contributed by atoms with E-state index in [0.29, 0.717) is 23.4 Å². The van der Waals surface area contributed by atoms with Gasteiger partial charge in [-0.15, -0.1) is 0 Å². The minimum absolute atomic E-state index is 0.0158. The number of piperidine rings is 1. The lowest BCUT2D eigenvalue weighted by Gasteiger charge is -2.37. The molecule has 1 aromatic heterocycles. The van der Waals surface area contributed by atoms with Crippen LogP contribution in [0.15, 0.2) is 47.3 Å². The van der Waals surface area contributed by atoms with Gasteiger partial charge in [0.15, 0.2) is 0 Å². The molecule has 1 atom stereocenters. The molecule has 0 aliphatic carbocycles. The maximum Gasteiger partial charge on any atom is 0.493 e. The second-order valence-electron chi connectivity index (χ2n) is 10.2. The number of carbonyl (C=O) groups excluding carboxylic acids is 3. The molecule has 0 bridgehead atoms. The minimum atomic E-state index is -5.27. The number of nitrogens with zero attached hydrogens (tertiary/aromatic N) is 3. The van der Waals surface area contributed by atoms with E-state index in [1.165, 1.54) is 34.9 Å². The van der Waals surface area contributed by atoms with Gasteiger partial charge in [0.25, 0.3) is 5.91 Å². The van der Waals surface area contributed by atoms with E-state index in [1.807, 2.05) is 0 Å². The molecule has 0 spiro atoms. The third-order valence-electron chi connectivity index (χ3n) is 7.47. The number of alkyl halides is 6. The zero-order valence-electron chi connectivity index (χ0n) is 22.3. The summed E-state index contributed by atoms with van der Waals surface area (Å²) < 4.78 is 79.4. The SMILES string of the molecule is O=C1NC(CCCC(=O)N2CCC(n3c(=O)[nH]c4cc(C(F)(F)F)ccc43)CC2)N(OC(=O)C(F)(F)F)c2ccccc21. The van der Waals surface area contributed by atoms with Crippen LogP contribution in [0.5, 0.6) is 0 Å². The van der Waals surface area contributed by atoms with Crippen molar-refractivity contribution >= 4 is 34.5 Å². The average molecular weight is 614 g/mol. The summed E-state index contributed by atoms with van der Waals surface area (Å²) in [6.45, 7) is 0.540. The predicted molar refractivity (Wildman–Crippen MR) is 139 cm³/mol. The van der Waals surface area contributed by atoms with E-state index >= 15 is 0 Å². The van der Waals surface area contributed by atoms with Crippen molar-refractivity contribution in [3.63, 3.8) is 0 Å². The summed E-state index contributed by atoms with van der Waals surface area (Å²) >= 11 is 0. The molecule has 2 aliphatic heterocycles. The van der Waals surface area contributed by atoms with Gasteiger partial charge in [0.05, 0.1) is 27.8 Å². The standard InChI is InChI=1S/C27H25F6N5O5/c28-26(29,30)15-8-9-20-18(14-15)34-25(42)37(20)16-10-12-36(13-11-16)22(39)7-3-6-21-35-23(40)17-4-1-2-5-19(17)38(21)43-24(41)27(31,32)33/h1-2,4-5,8-9,14,16,21H,3,6-7,10-13H2,(H,34,42)(H,35,40). The van der Waals surface area contributed by atoms with Crippen LogP contribution in [0, 0.1) is 0 Å². The fourth-order valence-electron chi connectivity index (χ4n) is 5.40. The van der Waals surface area contributed by atoms with Gasteiger partial charge in [0, 0.05) is 25.6 Å². The summed E-state index contributed by atoms with van der Waals surface area (Å²) in [6, 6.07) is 8.36. The number of fused-ring (bicyclic) bond motifs is 2. The summed E-state index contributed by atoms with van der Waals surface area (Å²) in [7, 11) is 0. The number of nitrogens with one attached hydrogen (secondary N) is 2. The average Bonchev–Trinajstić information content (AvgIpc) is 3.28. The van der Waals surface area contributed by atoms with Crippen molar-refractivity contribution in [3.05, 3.63) is 64.1 Å². The van der Waals surface area contributed by atoms with Crippen molar-refractivity contribution in [3.8, 4) is 0 Å². The van der Waals surface area contributed by atoms with Crippen molar-refractivity contribution in [2.45, 2.75) is 56.7 Å². The number of imidazole rings is 1. The van der Waals surface area contributed by atoms with Gasteiger partial charge in [-0.25, -0.2) is 9.59 Å². The number of rotatable bonds is 6. The lowest BCUT2D eigenvalue weighted by atomic mass is 10.0. The molecule has 3 heterocycles. The van der Waals surface area contributed by atoms with E-state index in [0.717, 1.165) is 12.1 Å². The number of hydrogen-bond acceptors (Lipinski definition) is 6. The number of H-pyrrole nitrogens is 1. The second kappa shape index (κ2) is 11.3. The number of para-hydroxylation sites is 1. The van der Waals surface area contributed by atoms with E-state index in [4.69, 9.17) is 0 Å². The number of aromatic nitrogens is 2. The van der Waals surface area contributed by atoms with Gasteiger partial charge < -0.3 is 20.0 Å². The maximum atomic E-state index is 13.1. The number of likely N-dealkylation sites (tertiary alicyclic amines) is 1. The Labute approximate surface area is 239 Å². The molecule has 1 saturated heterocycles.